The maximum atomic E-state index is 13.7. The van der Waals surface area contributed by atoms with Crippen LogP contribution in [-0.4, -0.2) is 23.0 Å². The summed E-state index contributed by atoms with van der Waals surface area (Å²) < 4.78 is 18.2. The van der Waals surface area contributed by atoms with Gasteiger partial charge in [0.05, 0.1) is 12.7 Å². The van der Waals surface area contributed by atoms with E-state index in [1.54, 1.807) is 0 Å². The van der Waals surface area contributed by atoms with Gasteiger partial charge in [0.25, 0.3) is 0 Å². The largest absolute Gasteiger partial charge is 0.464 e. The quantitative estimate of drug-likeness (QED) is 0.784. The Bertz CT molecular complexity index is 604. The Morgan fingerprint density at radius 2 is 2.17 bits per heavy atom. The van der Waals surface area contributed by atoms with Crippen molar-refractivity contribution in [3.8, 4) is 11.4 Å². The molecule has 2 aromatic rings. The number of ether oxygens (including phenoxy) is 1. The van der Waals surface area contributed by atoms with Crippen LogP contribution in [-0.2, 0) is 4.74 Å². The van der Waals surface area contributed by atoms with E-state index in [-0.39, 0.29) is 22.1 Å². The molecule has 1 aromatic heterocycles. The molecular weight excluding hydrogens is 259 g/mol. The van der Waals surface area contributed by atoms with E-state index in [0.717, 1.165) is 6.07 Å². The molecule has 0 unspecified atom stereocenters. The van der Waals surface area contributed by atoms with Gasteiger partial charge in [-0.3, -0.25) is 0 Å². The predicted molar refractivity (Wildman–Crippen MR) is 63.8 cm³/mol. The molecule has 0 spiro atoms. The minimum Gasteiger partial charge on any atom is -0.464 e. The molecule has 0 aliphatic rings. The van der Waals surface area contributed by atoms with Crippen molar-refractivity contribution in [3.63, 3.8) is 0 Å². The molecule has 0 amide bonds. The zero-order valence-electron chi connectivity index (χ0n) is 9.35. The normalized spacial score (nSPS) is 10.2. The summed E-state index contributed by atoms with van der Waals surface area (Å²) in [6.45, 7) is 0. The minimum absolute atomic E-state index is 0.0665. The smallest absolute Gasteiger partial charge is 0.356 e. The Labute approximate surface area is 107 Å². The molecule has 0 aliphatic carbocycles. The Hall–Kier alpha value is -2.01. The van der Waals surface area contributed by atoms with Crippen LogP contribution in [0.15, 0.2) is 30.5 Å². The van der Waals surface area contributed by atoms with Crippen molar-refractivity contribution < 1.29 is 13.9 Å². The second kappa shape index (κ2) is 5.10. The van der Waals surface area contributed by atoms with E-state index in [0.29, 0.717) is 0 Å². The molecule has 0 atom stereocenters. The Balaban J connectivity index is 2.48. The van der Waals surface area contributed by atoms with Crippen molar-refractivity contribution in [1.82, 2.24) is 9.97 Å². The van der Waals surface area contributed by atoms with E-state index >= 15 is 0 Å². The van der Waals surface area contributed by atoms with E-state index in [1.807, 2.05) is 0 Å². The lowest BCUT2D eigenvalue weighted by Gasteiger charge is -2.04. The number of halogens is 2. The van der Waals surface area contributed by atoms with Crippen molar-refractivity contribution >= 4 is 17.6 Å². The molecule has 0 saturated carbocycles. The van der Waals surface area contributed by atoms with Crippen LogP contribution >= 0.6 is 11.6 Å². The average Bonchev–Trinajstić information content (AvgIpc) is 2.38. The van der Waals surface area contributed by atoms with Crippen molar-refractivity contribution in [2.75, 3.05) is 7.11 Å². The van der Waals surface area contributed by atoms with Gasteiger partial charge in [-0.2, -0.15) is 0 Å². The monoisotopic (exact) mass is 266 g/mol. The third kappa shape index (κ3) is 2.46. The fraction of sp³-hybridized carbons (Fsp3) is 0.0833. The van der Waals surface area contributed by atoms with Crippen molar-refractivity contribution in [1.29, 1.82) is 0 Å². The molecule has 0 aliphatic heterocycles. The summed E-state index contributed by atoms with van der Waals surface area (Å²) in [5, 5.41) is 0.278. The summed E-state index contributed by atoms with van der Waals surface area (Å²) in [7, 11) is 1.24. The highest BCUT2D eigenvalue weighted by Gasteiger charge is 2.12. The van der Waals surface area contributed by atoms with Crippen LogP contribution in [0.25, 0.3) is 11.4 Å². The van der Waals surface area contributed by atoms with Crippen LogP contribution in [0.3, 0.4) is 0 Å². The van der Waals surface area contributed by atoms with Crippen LogP contribution in [0.5, 0.6) is 0 Å². The number of aromatic nitrogens is 2. The minimum atomic E-state index is -0.604. The molecule has 6 heteroatoms. The first kappa shape index (κ1) is 12.4. The topological polar surface area (TPSA) is 52.1 Å². The van der Waals surface area contributed by atoms with Gasteiger partial charge in [0.15, 0.2) is 11.5 Å². The highest BCUT2D eigenvalue weighted by atomic mass is 35.5. The Morgan fingerprint density at radius 3 is 2.83 bits per heavy atom. The van der Waals surface area contributed by atoms with Crippen molar-refractivity contribution in [2.24, 2.45) is 0 Å². The van der Waals surface area contributed by atoms with Crippen LogP contribution in [0.4, 0.5) is 4.39 Å². The number of methoxy groups -OCH3 is 1. The Morgan fingerprint density at radius 1 is 1.39 bits per heavy atom. The summed E-state index contributed by atoms with van der Waals surface area (Å²) in [6.07, 6.45) is 1.36. The molecule has 0 saturated heterocycles. The average molecular weight is 267 g/mol. The SMILES string of the molecule is COC(=O)c1ccnc(-c2ccc(Cl)cc2F)n1. The molecule has 4 nitrogen and oxygen atoms in total. The van der Waals surface area contributed by atoms with Gasteiger partial charge in [-0.25, -0.2) is 19.2 Å². The number of carbonyl (C=O) groups is 1. The molecule has 18 heavy (non-hydrogen) atoms. The fourth-order valence-electron chi connectivity index (χ4n) is 1.38. The summed E-state index contributed by atoms with van der Waals surface area (Å²) in [5.74, 6) is -1.05. The number of benzene rings is 1. The number of nitrogens with zero attached hydrogens (tertiary/aromatic N) is 2. The van der Waals surface area contributed by atoms with E-state index < -0.39 is 11.8 Å². The van der Waals surface area contributed by atoms with Crippen LogP contribution in [0.2, 0.25) is 5.02 Å². The second-order valence-electron chi connectivity index (χ2n) is 3.38. The highest BCUT2D eigenvalue weighted by Crippen LogP contribution is 2.22. The summed E-state index contributed by atoms with van der Waals surface area (Å²) in [6, 6.07) is 5.52. The van der Waals surface area contributed by atoms with Gasteiger partial charge in [-0.1, -0.05) is 11.6 Å². The van der Waals surface area contributed by atoms with Crippen LogP contribution < -0.4 is 0 Å². The van der Waals surface area contributed by atoms with Gasteiger partial charge in [-0.15, -0.1) is 0 Å². The molecule has 1 aromatic carbocycles. The van der Waals surface area contributed by atoms with E-state index in [4.69, 9.17) is 11.6 Å². The summed E-state index contributed by atoms with van der Waals surface area (Å²) >= 11 is 5.65. The second-order valence-corrected chi connectivity index (χ2v) is 3.82. The molecular formula is C12H8ClFN2O2. The van der Waals surface area contributed by atoms with Crippen molar-refractivity contribution in [3.05, 3.63) is 47.0 Å². The van der Waals surface area contributed by atoms with Gasteiger partial charge in [0, 0.05) is 11.2 Å². The molecule has 92 valence electrons. The lowest BCUT2D eigenvalue weighted by Crippen LogP contribution is -2.06. The molecule has 0 radical (unpaired) electrons. The number of esters is 1. The van der Waals surface area contributed by atoms with E-state index in [1.165, 1.54) is 31.5 Å². The first-order chi connectivity index (χ1) is 8.61. The third-order valence-corrected chi connectivity index (χ3v) is 2.46. The molecule has 2 rings (SSSR count). The van der Waals surface area contributed by atoms with E-state index in [9.17, 15) is 9.18 Å². The van der Waals surface area contributed by atoms with Gasteiger partial charge < -0.3 is 4.74 Å². The molecule has 0 bridgehead atoms. The number of carbonyl (C=O) groups excluding carboxylic acids is 1. The van der Waals surface area contributed by atoms with Gasteiger partial charge >= 0.3 is 5.97 Å². The molecule has 0 fully saturated rings. The van der Waals surface area contributed by atoms with Gasteiger partial charge in [0.1, 0.15) is 5.82 Å². The van der Waals surface area contributed by atoms with Gasteiger partial charge in [-0.05, 0) is 24.3 Å². The first-order valence-electron chi connectivity index (χ1n) is 4.98. The maximum Gasteiger partial charge on any atom is 0.356 e. The number of hydrogen-bond acceptors (Lipinski definition) is 4. The number of hydrogen-bond donors (Lipinski definition) is 0. The highest BCUT2D eigenvalue weighted by molar-refractivity contribution is 6.30. The lowest BCUT2D eigenvalue weighted by atomic mass is 10.2. The van der Waals surface area contributed by atoms with Crippen LogP contribution in [0.1, 0.15) is 10.5 Å². The number of rotatable bonds is 2. The lowest BCUT2D eigenvalue weighted by molar-refractivity contribution is 0.0594. The summed E-state index contributed by atoms with van der Waals surface area (Å²) in [5.41, 5.74) is 0.238. The zero-order valence-corrected chi connectivity index (χ0v) is 10.1. The zero-order chi connectivity index (χ0) is 13.1. The third-order valence-electron chi connectivity index (χ3n) is 2.22. The summed E-state index contributed by atoms with van der Waals surface area (Å²) in [4.78, 5) is 19.2. The molecule has 1 heterocycles. The van der Waals surface area contributed by atoms with Gasteiger partial charge in [0.2, 0.25) is 0 Å². The maximum absolute atomic E-state index is 13.7. The van der Waals surface area contributed by atoms with Crippen LogP contribution in [0, 0.1) is 5.82 Å². The first-order valence-corrected chi connectivity index (χ1v) is 5.36. The molecule has 0 N–H and O–H groups in total. The van der Waals surface area contributed by atoms with E-state index in [2.05, 4.69) is 14.7 Å². The predicted octanol–water partition coefficient (Wildman–Crippen LogP) is 2.72. The van der Waals surface area contributed by atoms with Crippen molar-refractivity contribution in [2.45, 2.75) is 0 Å². The fourth-order valence-corrected chi connectivity index (χ4v) is 1.54. The Kier molecular flexibility index (Phi) is 3.53. The standard InChI is InChI=1S/C12H8ClFN2O2/c1-18-12(17)10-4-5-15-11(16-10)8-3-2-7(13)6-9(8)14/h2-6H,1H3.